The fourth-order valence-corrected chi connectivity index (χ4v) is 2.64. The fraction of sp³-hybridized carbons (Fsp3) is 0.118. The van der Waals surface area contributed by atoms with Gasteiger partial charge in [-0.2, -0.15) is 9.36 Å². The molecular weight excluding hydrogens is 379 g/mol. The number of ether oxygens (including phenoxy) is 1. The molecule has 0 atom stereocenters. The molecule has 0 aliphatic carbocycles. The molecule has 1 heterocycles. The summed E-state index contributed by atoms with van der Waals surface area (Å²) in [6.45, 7) is 5.34. The largest absolute Gasteiger partial charge is 0.573 e. The molecule has 0 aliphatic heterocycles. The molecule has 0 radical (unpaired) electrons. The smallest absolute Gasteiger partial charge is 0.406 e. The molecule has 0 amide bonds. The Kier molecular flexibility index (Phi) is 5.26. The SMILES string of the molecule is C=Nc1ccc(N=Nc2nc(-c3ccc(OC(F)(F)F)cc3)ns2)c(C)c1. The maximum atomic E-state index is 12.2. The van der Waals surface area contributed by atoms with E-state index in [4.69, 9.17) is 0 Å². The average Bonchev–Trinajstić information content (AvgIpc) is 3.09. The molecule has 0 aliphatic rings. The zero-order valence-electron chi connectivity index (χ0n) is 13.9. The van der Waals surface area contributed by atoms with Gasteiger partial charge >= 0.3 is 6.36 Å². The molecule has 10 heteroatoms. The van der Waals surface area contributed by atoms with Gasteiger partial charge in [-0.1, -0.05) is 0 Å². The van der Waals surface area contributed by atoms with Gasteiger partial charge < -0.3 is 4.74 Å². The minimum Gasteiger partial charge on any atom is -0.406 e. The Morgan fingerprint density at radius 2 is 1.81 bits per heavy atom. The first-order chi connectivity index (χ1) is 12.8. The van der Waals surface area contributed by atoms with E-state index in [-0.39, 0.29) is 5.75 Å². The first-order valence-electron chi connectivity index (χ1n) is 7.53. The maximum absolute atomic E-state index is 12.2. The summed E-state index contributed by atoms with van der Waals surface area (Å²) >= 11 is 1.03. The summed E-state index contributed by atoms with van der Waals surface area (Å²) in [6.07, 6.45) is -4.73. The van der Waals surface area contributed by atoms with Crippen LogP contribution in [-0.2, 0) is 0 Å². The van der Waals surface area contributed by atoms with Gasteiger partial charge in [-0.3, -0.25) is 4.99 Å². The van der Waals surface area contributed by atoms with E-state index in [0.29, 0.717) is 22.2 Å². The lowest BCUT2D eigenvalue weighted by molar-refractivity contribution is -0.274. The summed E-state index contributed by atoms with van der Waals surface area (Å²) in [6, 6.07) is 10.6. The van der Waals surface area contributed by atoms with Gasteiger partial charge in [0, 0.05) is 17.1 Å². The van der Waals surface area contributed by atoms with Crippen LogP contribution in [0.5, 0.6) is 5.75 Å². The zero-order valence-corrected chi connectivity index (χ0v) is 14.8. The molecule has 0 bridgehead atoms. The van der Waals surface area contributed by atoms with Gasteiger partial charge in [0.05, 0.1) is 11.4 Å². The molecule has 3 aromatic rings. The van der Waals surface area contributed by atoms with Crippen LogP contribution in [0.2, 0.25) is 0 Å². The predicted octanol–water partition coefficient (Wildman–Crippen LogP) is 6.16. The molecule has 0 saturated carbocycles. The predicted molar refractivity (Wildman–Crippen MR) is 96.6 cm³/mol. The lowest BCUT2D eigenvalue weighted by Gasteiger charge is -2.08. The van der Waals surface area contributed by atoms with E-state index in [0.717, 1.165) is 22.8 Å². The molecule has 2 aromatic carbocycles. The second-order valence-corrected chi connectivity index (χ2v) is 6.03. The van der Waals surface area contributed by atoms with Crippen molar-refractivity contribution in [2.45, 2.75) is 13.3 Å². The number of halogens is 3. The van der Waals surface area contributed by atoms with Crippen molar-refractivity contribution in [1.29, 1.82) is 0 Å². The number of aliphatic imine (C=N–C) groups is 1. The third-order valence-electron chi connectivity index (χ3n) is 3.37. The summed E-state index contributed by atoms with van der Waals surface area (Å²) < 4.78 is 44.5. The van der Waals surface area contributed by atoms with Crippen molar-refractivity contribution in [1.82, 2.24) is 9.36 Å². The summed E-state index contributed by atoms with van der Waals surface area (Å²) in [7, 11) is 0. The fourth-order valence-electron chi connectivity index (χ4n) is 2.13. The Morgan fingerprint density at radius 3 is 2.44 bits per heavy atom. The topological polar surface area (TPSA) is 72.1 Å². The van der Waals surface area contributed by atoms with E-state index < -0.39 is 6.36 Å². The Hall–Kier alpha value is -3.14. The number of aromatic nitrogens is 2. The summed E-state index contributed by atoms with van der Waals surface area (Å²) in [5, 5.41) is 8.52. The molecule has 0 fully saturated rings. The minimum atomic E-state index is -4.73. The van der Waals surface area contributed by atoms with Crippen LogP contribution in [0, 0.1) is 6.92 Å². The number of azo groups is 1. The Morgan fingerprint density at radius 1 is 1.07 bits per heavy atom. The van der Waals surface area contributed by atoms with E-state index in [9.17, 15) is 13.2 Å². The van der Waals surface area contributed by atoms with Crippen LogP contribution in [0.4, 0.5) is 29.7 Å². The Labute approximate surface area is 156 Å². The molecule has 1 aromatic heterocycles. The van der Waals surface area contributed by atoms with Crippen LogP contribution in [-0.4, -0.2) is 22.4 Å². The molecule has 0 N–H and O–H groups in total. The maximum Gasteiger partial charge on any atom is 0.573 e. The van der Waals surface area contributed by atoms with Crippen molar-refractivity contribution < 1.29 is 17.9 Å². The second-order valence-electron chi connectivity index (χ2n) is 5.30. The molecule has 0 spiro atoms. The lowest BCUT2D eigenvalue weighted by Crippen LogP contribution is -2.16. The highest BCUT2D eigenvalue weighted by Gasteiger charge is 2.31. The molecule has 3 rings (SSSR count). The number of benzene rings is 2. The number of hydrogen-bond acceptors (Lipinski definition) is 7. The minimum absolute atomic E-state index is 0.311. The Balaban J connectivity index is 1.74. The van der Waals surface area contributed by atoms with Gasteiger partial charge in [0.15, 0.2) is 5.82 Å². The van der Waals surface area contributed by atoms with E-state index in [1.54, 1.807) is 12.1 Å². The van der Waals surface area contributed by atoms with Crippen LogP contribution >= 0.6 is 11.5 Å². The first-order valence-corrected chi connectivity index (χ1v) is 8.30. The second kappa shape index (κ2) is 7.62. The number of aryl methyl sites for hydroxylation is 1. The van der Waals surface area contributed by atoms with E-state index in [1.165, 1.54) is 24.3 Å². The van der Waals surface area contributed by atoms with Gasteiger partial charge in [-0.25, -0.2) is 0 Å². The van der Waals surface area contributed by atoms with Crippen LogP contribution < -0.4 is 4.74 Å². The van der Waals surface area contributed by atoms with Crippen molar-refractivity contribution in [3.8, 4) is 17.1 Å². The van der Waals surface area contributed by atoms with E-state index >= 15 is 0 Å². The highest BCUT2D eigenvalue weighted by molar-refractivity contribution is 7.09. The van der Waals surface area contributed by atoms with Gasteiger partial charge in [0.2, 0.25) is 5.13 Å². The number of alkyl halides is 3. The van der Waals surface area contributed by atoms with Crippen molar-refractivity contribution >= 4 is 34.8 Å². The van der Waals surface area contributed by atoms with E-state index in [2.05, 4.69) is 36.0 Å². The van der Waals surface area contributed by atoms with Crippen LogP contribution in [0.25, 0.3) is 11.4 Å². The van der Waals surface area contributed by atoms with Crippen molar-refractivity contribution in [2.24, 2.45) is 15.2 Å². The Bertz CT molecular complexity index is 983. The van der Waals surface area contributed by atoms with Gasteiger partial charge in [-0.05, 0) is 61.7 Å². The summed E-state index contributed by atoms with van der Waals surface area (Å²) in [4.78, 5) is 8.06. The van der Waals surface area contributed by atoms with Crippen LogP contribution in [0.15, 0.2) is 57.7 Å². The van der Waals surface area contributed by atoms with Gasteiger partial charge in [0.1, 0.15) is 5.75 Å². The third kappa shape index (κ3) is 4.94. The van der Waals surface area contributed by atoms with E-state index in [1.807, 2.05) is 13.0 Å². The zero-order chi connectivity index (χ0) is 19.4. The lowest BCUT2D eigenvalue weighted by atomic mass is 10.2. The quantitative estimate of drug-likeness (QED) is 0.386. The van der Waals surface area contributed by atoms with Crippen molar-refractivity contribution in [2.75, 3.05) is 0 Å². The number of hydrogen-bond donors (Lipinski definition) is 0. The highest BCUT2D eigenvalue weighted by atomic mass is 32.1. The van der Waals surface area contributed by atoms with Crippen LogP contribution in [0.3, 0.4) is 0 Å². The average molecular weight is 391 g/mol. The summed E-state index contributed by atoms with van der Waals surface area (Å²) in [5.74, 6) is 0.0322. The third-order valence-corrected chi connectivity index (χ3v) is 3.97. The number of rotatable bonds is 5. The monoisotopic (exact) mass is 391 g/mol. The van der Waals surface area contributed by atoms with Gasteiger partial charge in [0.25, 0.3) is 0 Å². The van der Waals surface area contributed by atoms with Crippen molar-refractivity contribution in [3.63, 3.8) is 0 Å². The molecule has 27 heavy (non-hydrogen) atoms. The summed E-state index contributed by atoms with van der Waals surface area (Å²) in [5.41, 5.74) is 2.82. The normalized spacial score (nSPS) is 11.7. The van der Waals surface area contributed by atoms with Gasteiger partial charge in [-0.15, -0.1) is 23.4 Å². The van der Waals surface area contributed by atoms with Crippen molar-refractivity contribution in [3.05, 3.63) is 48.0 Å². The molecule has 138 valence electrons. The first kappa shape index (κ1) is 18.6. The molecule has 0 saturated heterocycles. The molecule has 6 nitrogen and oxygen atoms in total. The molecular formula is C17H12F3N5OS. The standard InChI is InChI=1S/C17H12F3N5OS/c1-10-9-12(21-2)5-8-14(10)23-24-16-22-15(25-27-16)11-3-6-13(7-4-11)26-17(18,19)20/h3-9H,2H2,1H3. The highest BCUT2D eigenvalue weighted by Crippen LogP contribution is 2.29. The molecule has 0 unspecified atom stereocenters. The number of nitrogens with zero attached hydrogens (tertiary/aromatic N) is 5. The van der Waals surface area contributed by atoms with Crippen LogP contribution in [0.1, 0.15) is 5.56 Å².